The Hall–Kier alpha value is -4.19. The van der Waals surface area contributed by atoms with E-state index in [2.05, 4.69) is 21.7 Å². The molecule has 1 aliphatic carbocycles. The van der Waals surface area contributed by atoms with E-state index >= 15 is 0 Å². The van der Waals surface area contributed by atoms with Crippen LogP contribution in [0, 0.1) is 0 Å². The van der Waals surface area contributed by atoms with Crippen LogP contribution in [0.3, 0.4) is 0 Å². The Kier molecular flexibility index (Phi) is 7.45. The van der Waals surface area contributed by atoms with Gasteiger partial charge in [0.15, 0.2) is 0 Å². The second-order valence-electron chi connectivity index (χ2n) is 9.41. The second-order valence-corrected chi connectivity index (χ2v) is 9.41. The Balaban J connectivity index is 1.40. The summed E-state index contributed by atoms with van der Waals surface area (Å²) in [5.74, 6) is -0.671. The van der Waals surface area contributed by atoms with Crippen molar-refractivity contribution in [1.82, 2.24) is 4.98 Å². The number of carbonyl (C=O) groups is 2. The van der Waals surface area contributed by atoms with Gasteiger partial charge in [-0.1, -0.05) is 55.7 Å². The highest BCUT2D eigenvalue weighted by Gasteiger charge is 2.18. The van der Waals surface area contributed by atoms with E-state index in [1.54, 1.807) is 31.2 Å². The third-order valence-electron chi connectivity index (χ3n) is 6.80. The van der Waals surface area contributed by atoms with E-state index in [-0.39, 0.29) is 5.91 Å². The largest absolute Gasteiger partial charge is 0.462 e. The number of hydrogen-bond acceptors (Lipinski definition) is 5. The highest BCUT2D eigenvalue weighted by molar-refractivity contribution is 6.08. The molecule has 0 unspecified atom stereocenters. The molecule has 1 heterocycles. The SMILES string of the molecule is CCOC(=O)c1ccc(NC2CCCCC2)c(NC(=O)c2ccc3cc(-c4ccccc4)cnc3c2)c1. The molecule has 3 aromatic carbocycles. The molecule has 4 aromatic rings. The van der Waals surface area contributed by atoms with Crippen LogP contribution in [0.1, 0.15) is 59.7 Å². The predicted molar refractivity (Wildman–Crippen MR) is 148 cm³/mol. The molecule has 0 aliphatic heterocycles. The van der Waals surface area contributed by atoms with Gasteiger partial charge in [-0.3, -0.25) is 9.78 Å². The highest BCUT2D eigenvalue weighted by Crippen LogP contribution is 2.29. The maximum Gasteiger partial charge on any atom is 0.338 e. The van der Waals surface area contributed by atoms with Crippen molar-refractivity contribution in [3.63, 3.8) is 0 Å². The Labute approximate surface area is 217 Å². The summed E-state index contributed by atoms with van der Waals surface area (Å²) in [5.41, 5.74) is 5.14. The normalized spacial score (nSPS) is 13.8. The van der Waals surface area contributed by atoms with Crippen molar-refractivity contribution in [3.05, 3.63) is 90.1 Å². The summed E-state index contributed by atoms with van der Waals surface area (Å²) in [7, 11) is 0. The molecule has 0 spiro atoms. The van der Waals surface area contributed by atoms with Crippen molar-refractivity contribution in [1.29, 1.82) is 0 Å². The van der Waals surface area contributed by atoms with Crippen LogP contribution in [0.2, 0.25) is 0 Å². The molecule has 37 heavy (non-hydrogen) atoms. The summed E-state index contributed by atoms with van der Waals surface area (Å²) < 4.78 is 5.17. The van der Waals surface area contributed by atoms with E-state index in [0.29, 0.717) is 29.5 Å². The molecular weight excluding hydrogens is 462 g/mol. The number of amides is 1. The number of rotatable bonds is 7. The molecule has 1 aliphatic rings. The first-order valence-corrected chi connectivity index (χ1v) is 12.9. The van der Waals surface area contributed by atoms with E-state index in [1.807, 2.05) is 48.7 Å². The van der Waals surface area contributed by atoms with Crippen LogP contribution >= 0.6 is 0 Å². The van der Waals surface area contributed by atoms with E-state index in [1.165, 1.54) is 19.3 Å². The fourth-order valence-corrected chi connectivity index (χ4v) is 4.83. The third-order valence-corrected chi connectivity index (χ3v) is 6.80. The fraction of sp³-hybridized carbons (Fsp3) is 0.258. The monoisotopic (exact) mass is 493 g/mol. The fourth-order valence-electron chi connectivity index (χ4n) is 4.83. The zero-order valence-corrected chi connectivity index (χ0v) is 21.0. The lowest BCUT2D eigenvalue weighted by Crippen LogP contribution is -2.23. The van der Waals surface area contributed by atoms with Crippen molar-refractivity contribution in [2.45, 2.75) is 45.1 Å². The minimum atomic E-state index is -0.411. The maximum atomic E-state index is 13.3. The summed E-state index contributed by atoms with van der Waals surface area (Å²) in [5, 5.41) is 7.56. The van der Waals surface area contributed by atoms with Gasteiger partial charge in [-0.2, -0.15) is 0 Å². The standard InChI is InChI=1S/C31H31N3O3/c1-2-37-31(36)24-15-16-27(33-26-11-7-4-8-12-26)29(19-24)34-30(35)23-14-13-22-17-25(20-32-28(22)18-23)21-9-5-3-6-10-21/h3,5-6,9-10,13-20,26,33H,2,4,7-8,11-12H2,1H3,(H,34,35). The van der Waals surface area contributed by atoms with Gasteiger partial charge in [0.25, 0.3) is 5.91 Å². The Morgan fingerprint density at radius 2 is 1.65 bits per heavy atom. The second kappa shape index (κ2) is 11.2. The maximum absolute atomic E-state index is 13.3. The van der Waals surface area contributed by atoms with E-state index < -0.39 is 5.97 Å². The molecule has 0 radical (unpaired) electrons. The number of nitrogens with one attached hydrogen (secondary N) is 2. The lowest BCUT2D eigenvalue weighted by Gasteiger charge is -2.25. The smallest absolute Gasteiger partial charge is 0.338 e. The summed E-state index contributed by atoms with van der Waals surface area (Å²) in [6, 6.07) is 23.3. The van der Waals surface area contributed by atoms with Gasteiger partial charge >= 0.3 is 5.97 Å². The molecule has 0 atom stereocenters. The first kappa shape index (κ1) is 24.5. The van der Waals surface area contributed by atoms with Crippen molar-refractivity contribution in [2.75, 3.05) is 17.2 Å². The van der Waals surface area contributed by atoms with E-state index in [9.17, 15) is 9.59 Å². The number of carbonyl (C=O) groups excluding carboxylic acids is 2. The number of nitrogens with zero attached hydrogens (tertiary/aromatic N) is 1. The number of esters is 1. The van der Waals surface area contributed by atoms with Crippen LogP contribution in [0.15, 0.2) is 79.0 Å². The molecule has 6 heteroatoms. The first-order valence-electron chi connectivity index (χ1n) is 12.9. The summed E-state index contributed by atoms with van der Waals surface area (Å²) in [4.78, 5) is 30.3. The lowest BCUT2D eigenvalue weighted by atomic mass is 9.95. The van der Waals surface area contributed by atoms with Crippen LogP contribution in [-0.4, -0.2) is 29.5 Å². The number of aromatic nitrogens is 1. The average Bonchev–Trinajstić information content (AvgIpc) is 2.94. The number of ether oxygens (including phenoxy) is 1. The van der Waals surface area contributed by atoms with Crippen molar-refractivity contribution in [3.8, 4) is 11.1 Å². The zero-order chi connectivity index (χ0) is 25.6. The molecule has 0 saturated heterocycles. The topological polar surface area (TPSA) is 80.3 Å². The lowest BCUT2D eigenvalue weighted by molar-refractivity contribution is 0.0526. The van der Waals surface area contributed by atoms with Gasteiger partial charge in [0.1, 0.15) is 0 Å². The molecule has 2 N–H and O–H groups in total. The molecule has 5 rings (SSSR count). The van der Waals surface area contributed by atoms with Crippen LogP contribution in [0.25, 0.3) is 22.0 Å². The first-order chi connectivity index (χ1) is 18.1. The molecule has 1 amide bonds. The van der Waals surface area contributed by atoms with Crippen molar-refractivity contribution >= 4 is 34.2 Å². The third kappa shape index (κ3) is 5.80. The number of hydrogen-bond donors (Lipinski definition) is 2. The molecule has 188 valence electrons. The average molecular weight is 494 g/mol. The molecule has 0 bridgehead atoms. The predicted octanol–water partition coefficient (Wildman–Crippen LogP) is 7.08. The number of anilines is 2. The molecule has 1 aromatic heterocycles. The van der Waals surface area contributed by atoms with Crippen molar-refractivity contribution < 1.29 is 14.3 Å². The Morgan fingerprint density at radius 3 is 2.43 bits per heavy atom. The minimum absolute atomic E-state index is 0.261. The summed E-state index contributed by atoms with van der Waals surface area (Å²) in [6.07, 6.45) is 7.65. The number of pyridine rings is 1. The molecular formula is C31H31N3O3. The summed E-state index contributed by atoms with van der Waals surface area (Å²) >= 11 is 0. The van der Waals surface area contributed by atoms with Crippen molar-refractivity contribution in [2.24, 2.45) is 0 Å². The summed E-state index contributed by atoms with van der Waals surface area (Å²) in [6.45, 7) is 2.06. The van der Waals surface area contributed by atoms with Crippen LogP contribution < -0.4 is 10.6 Å². The molecule has 6 nitrogen and oxygen atoms in total. The van der Waals surface area contributed by atoms with Gasteiger partial charge in [-0.15, -0.1) is 0 Å². The van der Waals surface area contributed by atoms with Crippen LogP contribution in [0.5, 0.6) is 0 Å². The van der Waals surface area contributed by atoms with Crippen LogP contribution in [-0.2, 0) is 4.74 Å². The van der Waals surface area contributed by atoms with Crippen LogP contribution in [0.4, 0.5) is 11.4 Å². The minimum Gasteiger partial charge on any atom is -0.462 e. The Bertz CT molecular complexity index is 1410. The van der Waals surface area contributed by atoms with Gasteiger partial charge in [-0.05, 0) is 61.7 Å². The number of fused-ring (bicyclic) bond motifs is 1. The van der Waals surface area contributed by atoms with Gasteiger partial charge in [-0.25, -0.2) is 4.79 Å². The Morgan fingerprint density at radius 1 is 0.865 bits per heavy atom. The quantitative estimate of drug-likeness (QED) is 0.269. The highest BCUT2D eigenvalue weighted by atomic mass is 16.5. The van der Waals surface area contributed by atoms with E-state index in [4.69, 9.17) is 4.74 Å². The van der Waals surface area contributed by atoms with Gasteiger partial charge < -0.3 is 15.4 Å². The van der Waals surface area contributed by atoms with E-state index in [0.717, 1.165) is 40.6 Å². The van der Waals surface area contributed by atoms with Gasteiger partial charge in [0.2, 0.25) is 0 Å². The molecule has 1 saturated carbocycles. The zero-order valence-electron chi connectivity index (χ0n) is 21.0. The molecule has 1 fully saturated rings. The van der Waals surface area contributed by atoms with Gasteiger partial charge in [0, 0.05) is 28.8 Å². The number of benzene rings is 3. The van der Waals surface area contributed by atoms with Gasteiger partial charge in [0.05, 0.1) is 29.1 Å².